The second-order valence-corrected chi connectivity index (χ2v) is 6.80. The Morgan fingerprint density at radius 2 is 1.93 bits per heavy atom. The van der Waals surface area contributed by atoms with Crippen LogP contribution < -0.4 is 25.9 Å². The molecule has 30 heavy (non-hydrogen) atoms. The Bertz CT molecular complexity index is 1280. The number of ether oxygens (including phenoxy) is 2. The third-order valence-electron chi connectivity index (χ3n) is 4.34. The van der Waals surface area contributed by atoms with Crippen molar-refractivity contribution in [3.63, 3.8) is 0 Å². The summed E-state index contributed by atoms with van der Waals surface area (Å²) in [5.74, 6) is 1.40. The normalized spacial score (nSPS) is 10.8. The Kier molecular flexibility index (Phi) is 5.20. The zero-order valence-corrected chi connectivity index (χ0v) is 17.1. The van der Waals surface area contributed by atoms with Crippen molar-refractivity contribution in [3.05, 3.63) is 57.7 Å². The number of rotatable bonds is 6. The number of hydrogen-bond acceptors (Lipinski definition) is 8. The van der Waals surface area contributed by atoms with Gasteiger partial charge in [-0.3, -0.25) is 4.98 Å². The Morgan fingerprint density at radius 1 is 1.10 bits per heavy atom. The maximum absolute atomic E-state index is 11.3. The minimum atomic E-state index is -0.500. The van der Waals surface area contributed by atoms with E-state index in [1.807, 2.05) is 6.92 Å². The number of aryl methyl sites for hydroxylation is 1. The third-order valence-corrected chi connectivity index (χ3v) is 4.62. The Balaban J connectivity index is 1.61. The van der Waals surface area contributed by atoms with Crippen molar-refractivity contribution in [2.75, 3.05) is 24.9 Å². The quantitative estimate of drug-likeness (QED) is 0.415. The predicted octanol–water partition coefficient (Wildman–Crippen LogP) is 4.38. The summed E-state index contributed by atoms with van der Waals surface area (Å²) < 4.78 is 15.6. The average molecular weight is 428 g/mol. The van der Waals surface area contributed by atoms with Crippen molar-refractivity contribution < 1.29 is 13.9 Å². The van der Waals surface area contributed by atoms with Crippen LogP contribution in [0.4, 0.5) is 23.1 Å². The lowest BCUT2D eigenvalue weighted by atomic mass is 10.2. The van der Waals surface area contributed by atoms with Crippen LogP contribution in [0.5, 0.6) is 11.5 Å². The second kappa shape index (κ2) is 7.96. The number of fused-ring (bicyclic) bond motifs is 1. The summed E-state index contributed by atoms with van der Waals surface area (Å²) in [6, 6.07) is 8.70. The van der Waals surface area contributed by atoms with Crippen LogP contribution in [0.2, 0.25) is 5.02 Å². The number of benzene rings is 2. The maximum Gasteiger partial charge on any atom is 0.417 e. The smallest absolute Gasteiger partial charge is 0.417 e. The maximum atomic E-state index is 11.3. The summed E-state index contributed by atoms with van der Waals surface area (Å²) in [5, 5.41) is 6.73. The van der Waals surface area contributed by atoms with Crippen LogP contribution in [0.25, 0.3) is 11.1 Å². The molecule has 0 spiro atoms. The monoisotopic (exact) mass is 427 g/mol. The first-order valence-corrected chi connectivity index (χ1v) is 9.26. The van der Waals surface area contributed by atoms with E-state index in [9.17, 15) is 4.79 Å². The van der Waals surface area contributed by atoms with E-state index in [2.05, 4.69) is 25.6 Å². The topological polar surface area (TPSA) is 114 Å². The molecule has 9 nitrogen and oxygen atoms in total. The number of hydrogen-bond donors (Lipinski definition) is 3. The van der Waals surface area contributed by atoms with Gasteiger partial charge in [-0.25, -0.2) is 9.78 Å². The molecule has 0 bridgehead atoms. The molecule has 0 atom stereocenters. The van der Waals surface area contributed by atoms with Crippen LogP contribution in [-0.2, 0) is 0 Å². The lowest BCUT2D eigenvalue weighted by Crippen LogP contribution is -2.03. The second-order valence-electron chi connectivity index (χ2n) is 6.39. The van der Waals surface area contributed by atoms with Gasteiger partial charge in [-0.2, -0.15) is 4.98 Å². The first-order chi connectivity index (χ1) is 14.5. The molecule has 0 aliphatic heterocycles. The van der Waals surface area contributed by atoms with Gasteiger partial charge in [-0.1, -0.05) is 11.6 Å². The van der Waals surface area contributed by atoms with E-state index in [-0.39, 0.29) is 0 Å². The molecule has 154 valence electrons. The van der Waals surface area contributed by atoms with Crippen molar-refractivity contribution in [1.82, 2.24) is 15.0 Å². The van der Waals surface area contributed by atoms with E-state index in [1.165, 1.54) is 14.2 Å². The van der Waals surface area contributed by atoms with Crippen molar-refractivity contribution in [2.24, 2.45) is 0 Å². The Morgan fingerprint density at radius 3 is 2.70 bits per heavy atom. The number of nitrogens with zero attached hydrogens (tertiary/aromatic N) is 2. The number of aromatic nitrogens is 3. The fourth-order valence-electron chi connectivity index (χ4n) is 2.91. The van der Waals surface area contributed by atoms with Gasteiger partial charge >= 0.3 is 5.76 Å². The molecule has 0 saturated heterocycles. The number of halogens is 1. The van der Waals surface area contributed by atoms with Gasteiger partial charge in [-0.15, -0.1) is 0 Å². The average Bonchev–Trinajstić information content (AvgIpc) is 3.09. The summed E-state index contributed by atoms with van der Waals surface area (Å²) in [4.78, 5) is 22.8. The van der Waals surface area contributed by atoms with Gasteiger partial charge < -0.3 is 24.5 Å². The van der Waals surface area contributed by atoms with Gasteiger partial charge in [-0.05, 0) is 31.2 Å². The van der Waals surface area contributed by atoms with E-state index in [1.54, 1.807) is 36.5 Å². The molecular weight excluding hydrogens is 410 g/mol. The number of aromatic amines is 1. The van der Waals surface area contributed by atoms with E-state index < -0.39 is 5.76 Å². The molecule has 10 heteroatoms. The largest absolute Gasteiger partial charge is 0.493 e. The predicted molar refractivity (Wildman–Crippen MR) is 115 cm³/mol. The Hall–Kier alpha value is -3.72. The standard InChI is InChI=1S/C20H18ClN5O4/c1-10-9-22-19(24-12-6-13(21)17(29-3)16(8-12)28-2)26-18(10)23-11-4-5-15-14(7-11)25-20(27)30-15/h4-9H,1-3H3,(H,25,27)(H2,22,23,24,26). The molecule has 2 heterocycles. The highest BCUT2D eigenvalue weighted by Gasteiger charge is 2.12. The van der Waals surface area contributed by atoms with Crippen LogP contribution in [0.15, 0.2) is 45.7 Å². The molecule has 0 aliphatic rings. The molecular formula is C20H18ClN5O4. The first-order valence-electron chi connectivity index (χ1n) is 8.89. The zero-order valence-electron chi connectivity index (χ0n) is 16.4. The zero-order chi connectivity index (χ0) is 21.3. The van der Waals surface area contributed by atoms with E-state index in [0.29, 0.717) is 45.1 Å². The van der Waals surface area contributed by atoms with Gasteiger partial charge in [0.1, 0.15) is 5.82 Å². The summed E-state index contributed by atoms with van der Waals surface area (Å²) in [6.45, 7) is 1.89. The fourth-order valence-corrected chi connectivity index (χ4v) is 3.20. The lowest BCUT2D eigenvalue weighted by Gasteiger charge is -2.14. The fraction of sp³-hybridized carbons (Fsp3) is 0.150. The van der Waals surface area contributed by atoms with Crippen LogP contribution in [0.3, 0.4) is 0 Å². The number of H-pyrrole nitrogens is 1. The summed E-state index contributed by atoms with van der Waals surface area (Å²) in [5.41, 5.74) is 3.30. The molecule has 4 aromatic rings. The highest BCUT2D eigenvalue weighted by atomic mass is 35.5. The minimum absolute atomic E-state index is 0.365. The van der Waals surface area contributed by atoms with E-state index in [4.69, 9.17) is 25.5 Å². The molecule has 2 aromatic heterocycles. The summed E-state index contributed by atoms with van der Waals surface area (Å²) >= 11 is 6.26. The molecule has 0 saturated carbocycles. The molecule has 2 aromatic carbocycles. The molecule has 0 aliphatic carbocycles. The molecule has 0 fully saturated rings. The van der Waals surface area contributed by atoms with Crippen molar-refractivity contribution >= 4 is 45.8 Å². The number of nitrogens with one attached hydrogen (secondary N) is 3. The van der Waals surface area contributed by atoms with Gasteiger partial charge in [0, 0.05) is 29.2 Å². The van der Waals surface area contributed by atoms with Gasteiger partial charge in [0.2, 0.25) is 5.95 Å². The summed E-state index contributed by atoms with van der Waals surface area (Å²) in [7, 11) is 3.06. The lowest BCUT2D eigenvalue weighted by molar-refractivity contribution is 0.355. The number of methoxy groups -OCH3 is 2. The molecule has 4 rings (SSSR count). The SMILES string of the molecule is COc1cc(Nc2ncc(C)c(Nc3ccc4oc(=O)[nH]c4c3)n2)cc(Cl)c1OC. The minimum Gasteiger partial charge on any atom is -0.493 e. The highest BCUT2D eigenvalue weighted by molar-refractivity contribution is 6.32. The van der Waals surface area contributed by atoms with Crippen LogP contribution in [0, 0.1) is 6.92 Å². The van der Waals surface area contributed by atoms with Crippen LogP contribution in [-0.4, -0.2) is 29.2 Å². The molecule has 0 amide bonds. The highest BCUT2D eigenvalue weighted by Crippen LogP contribution is 2.38. The first kappa shape index (κ1) is 19.6. The van der Waals surface area contributed by atoms with Gasteiger partial charge in [0.05, 0.1) is 24.8 Å². The van der Waals surface area contributed by atoms with Crippen molar-refractivity contribution in [3.8, 4) is 11.5 Å². The summed E-state index contributed by atoms with van der Waals surface area (Å²) in [6.07, 6.45) is 1.69. The van der Waals surface area contributed by atoms with E-state index >= 15 is 0 Å². The van der Waals surface area contributed by atoms with Crippen LogP contribution in [0.1, 0.15) is 5.56 Å². The number of anilines is 4. The molecule has 0 radical (unpaired) electrons. The molecule has 0 unspecified atom stereocenters. The Labute approximate surface area is 176 Å². The van der Waals surface area contributed by atoms with Gasteiger partial charge in [0.15, 0.2) is 17.1 Å². The van der Waals surface area contributed by atoms with Crippen molar-refractivity contribution in [2.45, 2.75) is 6.92 Å². The van der Waals surface area contributed by atoms with E-state index in [0.717, 1.165) is 11.3 Å². The third kappa shape index (κ3) is 3.87. The van der Waals surface area contributed by atoms with Crippen molar-refractivity contribution in [1.29, 1.82) is 0 Å². The van der Waals surface area contributed by atoms with Gasteiger partial charge in [0.25, 0.3) is 0 Å². The number of oxazole rings is 1. The molecule has 3 N–H and O–H groups in total. The van der Waals surface area contributed by atoms with Crippen LogP contribution >= 0.6 is 11.6 Å².